The third-order valence-electron chi connectivity index (χ3n) is 2.08. The van der Waals surface area contributed by atoms with Gasteiger partial charge in [-0.2, -0.15) is 0 Å². The number of halogens is 1. The average molecular weight is 244 g/mol. The maximum atomic E-state index is 11.6. The van der Waals surface area contributed by atoms with Gasteiger partial charge in [-0.15, -0.1) is 11.6 Å². The summed E-state index contributed by atoms with van der Waals surface area (Å²) in [5.74, 6) is -0.985. The summed E-state index contributed by atoms with van der Waals surface area (Å²) in [4.78, 5) is 11.6. The van der Waals surface area contributed by atoms with Crippen molar-refractivity contribution in [1.29, 1.82) is 0 Å². The van der Waals surface area contributed by atoms with E-state index >= 15 is 0 Å². The van der Waals surface area contributed by atoms with Crippen LogP contribution in [-0.4, -0.2) is 28.0 Å². The molecule has 1 aromatic rings. The van der Waals surface area contributed by atoms with E-state index in [1.165, 1.54) is 18.2 Å². The molecule has 16 heavy (non-hydrogen) atoms. The molecule has 1 atom stereocenters. The van der Waals surface area contributed by atoms with Gasteiger partial charge in [0.25, 0.3) is 5.91 Å². The molecule has 0 aliphatic carbocycles. The predicted octanol–water partition coefficient (Wildman–Crippen LogP) is 1.85. The van der Waals surface area contributed by atoms with Crippen molar-refractivity contribution in [3.05, 3.63) is 23.8 Å². The Balaban J connectivity index is 2.66. The van der Waals surface area contributed by atoms with Gasteiger partial charge in [-0.3, -0.25) is 4.79 Å². The summed E-state index contributed by atoms with van der Waals surface area (Å²) >= 11 is 5.72. The van der Waals surface area contributed by atoms with Crippen LogP contribution >= 0.6 is 11.6 Å². The Bertz CT molecular complexity index is 359. The van der Waals surface area contributed by atoms with Crippen molar-refractivity contribution >= 4 is 17.5 Å². The van der Waals surface area contributed by atoms with E-state index < -0.39 is 5.91 Å². The maximum absolute atomic E-state index is 11.6. The number of alkyl halides is 1. The molecule has 1 rings (SSSR count). The van der Waals surface area contributed by atoms with Crippen molar-refractivity contribution < 1.29 is 15.0 Å². The number of nitrogens with one attached hydrogen (secondary N) is 1. The number of amides is 1. The van der Waals surface area contributed by atoms with Crippen molar-refractivity contribution in [3.63, 3.8) is 0 Å². The van der Waals surface area contributed by atoms with Crippen LogP contribution in [0.15, 0.2) is 18.2 Å². The van der Waals surface area contributed by atoms with E-state index in [2.05, 4.69) is 5.32 Å². The molecular formula is C11H14ClNO3. The summed E-state index contributed by atoms with van der Waals surface area (Å²) in [6.45, 7) is 2.22. The molecule has 0 saturated heterocycles. The lowest BCUT2D eigenvalue weighted by molar-refractivity contribution is 0.0948. The highest BCUT2D eigenvalue weighted by molar-refractivity contribution is 6.20. The summed E-state index contributed by atoms with van der Waals surface area (Å²) < 4.78 is 0. The molecule has 4 nitrogen and oxygen atoms in total. The normalized spacial score (nSPS) is 12.1. The second-order valence-electron chi connectivity index (χ2n) is 3.50. The first-order valence-electron chi connectivity index (χ1n) is 4.95. The molecule has 1 amide bonds. The van der Waals surface area contributed by atoms with Gasteiger partial charge in [-0.05, 0) is 25.5 Å². The quantitative estimate of drug-likeness (QED) is 0.707. The van der Waals surface area contributed by atoms with Gasteiger partial charge < -0.3 is 15.5 Å². The van der Waals surface area contributed by atoms with E-state index in [1.807, 2.05) is 6.92 Å². The van der Waals surface area contributed by atoms with Crippen LogP contribution in [-0.2, 0) is 0 Å². The summed E-state index contributed by atoms with van der Waals surface area (Å²) in [5, 5.41) is 21.4. The number of carbonyl (C=O) groups is 1. The SMILES string of the molecule is CC(Cl)CCNC(=O)c1c(O)cccc1O. The first-order chi connectivity index (χ1) is 7.52. The number of benzene rings is 1. The summed E-state index contributed by atoms with van der Waals surface area (Å²) in [5.41, 5.74) is -0.107. The fraction of sp³-hybridized carbons (Fsp3) is 0.364. The van der Waals surface area contributed by atoms with Crippen LogP contribution in [0.1, 0.15) is 23.7 Å². The Morgan fingerprint density at radius 2 is 2.00 bits per heavy atom. The monoisotopic (exact) mass is 243 g/mol. The number of phenolic OH excluding ortho intramolecular Hbond substituents is 2. The molecule has 1 unspecified atom stereocenters. The topological polar surface area (TPSA) is 69.6 Å². The van der Waals surface area contributed by atoms with Crippen LogP contribution in [0.4, 0.5) is 0 Å². The number of hydrogen-bond acceptors (Lipinski definition) is 3. The van der Waals surface area contributed by atoms with Crippen molar-refractivity contribution in [1.82, 2.24) is 5.32 Å². The van der Waals surface area contributed by atoms with Crippen LogP contribution in [0.3, 0.4) is 0 Å². The molecule has 0 aliphatic rings. The fourth-order valence-corrected chi connectivity index (χ4v) is 1.34. The van der Waals surface area contributed by atoms with Crippen molar-refractivity contribution in [2.24, 2.45) is 0 Å². The minimum Gasteiger partial charge on any atom is -0.507 e. The molecule has 0 saturated carbocycles. The highest BCUT2D eigenvalue weighted by atomic mass is 35.5. The summed E-state index contributed by atoms with van der Waals surface area (Å²) in [6, 6.07) is 4.15. The zero-order chi connectivity index (χ0) is 12.1. The van der Waals surface area contributed by atoms with Gasteiger partial charge in [0.2, 0.25) is 0 Å². The van der Waals surface area contributed by atoms with Crippen molar-refractivity contribution in [2.75, 3.05) is 6.54 Å². The number of hydrogen-bond donors (Lipinski definition) is 3. The van der Waals surface area contributed by atoms with E-state index in [4.69, 9.17) is 11.6 Å². The predicted molar refractivity (Wildman–Crippen MR) is 62.0 cm³/mol. The van der Waals surface area contributed by atoms with Crippen LogP contribution in [0.25, 0.3) is 0 Å². The van der Waals surface area contributed by atoms with Crippen LogP contribution < -0.4 is 5.32 Å². The molecule has 0 radical (unpaired) electrons. The van der Waals surface area contributed by atoms with Gasteiger partial charge in [0.15, 0.2) is 0 Å². The van der Waals surface area contributed by atoms with Crippen LogP contribution in [0.5, 0.6) is 11.5 Å². The van der Waals surface area contributed by atoms with Gasteiger partial charge >= 0.3 is 0 Å². The van der Waals surface area contributed by atoms with Gasteiger partial charge in [-0.25, -0.2) is 0 Å². The molecule has 5 heteroatoms. The number of phenols is 2. The maximum Gasteiger partial charge on any atom is 0.258 e. The molecule has 0 spiro atoms. The molecule has 0 heterocycles. The fourth-order valence-electron chi connectivity index (χ4n) is 1.23. The molecule has 88 valence electrons. The Morgan fingerprint density at radius 3 is 2.50 bits per heavy atom. The van der Waals surface area contributed by atoms with Crippen molar-refractivity contribution in [2.45, 2.75) is 18.7 Å². The Hall–Kier alpha value is -1.42. The molecule has 0 aromatic heterocycles. The molecule has 3 N–H and O–H groups in total. The lowest BCUT2D eigenvalue weighted by Gasteiger charge is -2.08. The molecule has 0 fully saturated rings. The van der Waals surface area contributed by atoms with Crippen molar-refractivity contribution in [3.8, 4) is 11.5 Å². The Labute approximate surface area is 98.9 Å². The first-order valence-corrected chi connectivity index (χ1v) is 5.39. The summed E-state index contributed by atoms with van der Waals surface area (Å²) in [6.07, 6.45) is 0.627. The minimum atomic E-state index is -0.507. The largest absolute Gasteiger partial charge is 0.507 e. The highest BCUT2D eigenvalue weighted by Gasteiger charge is 2.15. The zero-order valence-corrected chi connectivity index (χ0v) is 9.66. The van der Waals surface area contributed by atoms with E-state index in [1.54, 1.807) is 0 Å². The number of carbonyl (C=O) groups excluding carboxylic acids is 1. The smallest absolute Gasteiger partial charge is 0.258 e. The zero-order valence-electron chi connectivity index (χ0n) is 8.90. The number of rotatable bonds is 4. The standard InChI is InChI=1S/C11H14ClNO3/c1-7(12)5-6-13-11(16)10-8(14)3-2-4-9(10)15/h2-4,7,14-15H,5-6H2,1H3,(H,13,16). The van der Waals surface area contributed by atoms with Gasteiger partial charge in [0, 0.05) is 11.9 Å². The van der Waals surface area contributed by atoms with Gasteiger partial charge in [0.05, 0.1) is 0 Å². The highest BCUT2D eigenvalue weighted by Crippen LogP contribution is 2.25. The van der Waals surface area contributed by atoms with E-state index in [-0.39, 0.29) is 22.4 Å². The minimum absolute atomic E-state index is 0.0294. The third kappa shape index (κ3) is 3.31. The summed E-state index contributed by atoms with van der Waals surface area (Å²) in [7, 11) is 0. The second kappa shape index (κ2) is 5.61. The molecule has 0 aliphatic heterocycles. The Morgan fingerprint density at radius 1 is 1.44 bits per heavy atom. The second-order valence-corrected chi connectivity index (χ2v) is 4.24. The molecule has 1 aromatic carbocycles. The van der Waals surface area contributed by atoms with E-state index in [0.717, 1.165) is 0 Å². The molecule has 0 bridgehead atoms. The van der Waals surface area contributed by atoms with Gasteiger partial charge in [0.1, 0.15) is 17.1 Å². The van der Waals surface area contributed by atoms with Crippen LogP contribution in [0, 0.1) is 0 Å². The first kappa shape index (κ1) is 12.6. The third-order valence-corrected chi connectivity index (χ3v) is 2.29. The van der Waals surface area contributed by atoms with Crippen LogP contribution in [0.2, 0.25) is 0 Å². The van der Waals surface area contributed by atoms with Gasteiger partial charge in [-0.1, -0.05) is 6.07 Å². The lowest BCUT2D eigenvalue weighted by Crippen LogP contribution is -2.25. The van der Waals surface area contributed by atoms with E-state index in [0.29, 0.717) is 13.0 Å². The Kier molecular flexibility index (Phi) is 4.43. The van der Waals surface area contributed by atoms with E-state index in [9.17, 15) is 15.0 Å². The lowest BCUT2D eigenvalue weighted by atomic mass is 10.1. The number of aromatic hydroxyl groups is 2. The average Bonchev–Trinajstić information content (AvgIpc) is 2.16. The molecular weight excluding hydrogens is 230 g/mol.